The van der Waals surface area contributed by atoms with Crippen molar-refractivity contribution in [2.75, 3.05) is 6.61 Å². The molecule has 128 valence electrons. The van der Waals surface area contributed by atoms with Crippen molar-refractivity contribution in [3.63, 3.8) is 0 Å². The Hall–Kier alpha value is -0.820. The number of ether oxygens (including phenoxy) is 2. The number of aromatic nitrogens is 1. The molecule has 0 bridgehead atoms. The number of halogens is 3. The molecule has 0 unspecified atom stereocenters. The number of rotatable bonds is 7. The van der Waals surface area contributed by atoms with Crippen molar-refractivity contribution >= 4 is 64.7 Å². The molecular formula is C14H16Cl3NO4S. The molecule has 0 amide bonds. The predicted octanol–water partition coefficient (Wildman–Crippen LogP) is 4.79. The number of nitrogens with zero attached hydrogens (tertiary/aromatic N) is 1. The lowest BCUT2D eigenvalue weighted by Crippen LogP contribution is -2.17. The van der Waals surface area contributed by atoms with Crippen molar-refractivity contribution < 1.29 is 19.1 Å². The standard InChI is InChI=1S/C14H16Cl3NO4S/c1-9(3-4-19)10(2)5-11-7-23-12(18-11)6-21-13(20)22-8-14(15,16)17/h4-5,7,9H,3,6,8H2,1-2H3/b10-5+/t9-/m0/s1. The van der Waals surface area contributed by atoms with Gasteiger partial charge in [-0.05, 0) is 18.9 Å². The summed E-state index contributed by atoms with van der Waals surface area (Å²) in [5.41, 5.74) is 1.80. The molecule has 0 aliphatic heterocycles. The largest absolute Gasteiger partial charge is 0.508 e. The fourth-order valence-electron chi connectivity index (χ4n) is 1.47. The van der Waals surface area contributed by atoms with Crippen LogP contribution in [0.4, 0.5) is 4.79 Å². The molecule has 1 heterocycles. The Balaban J connectivity index is 2.49. The minimum absolute atomic E-state index is 0.0276. The normalized spacial score (nSPS) is 13.5. The quantitative estimate of drug-likeness (QED) is 0.374. The summed E-state index contributed by atoms with van der Waals surface area (Å²) in [5.74, 6) is 0.158. The van der Waals surface area contributed by atoms with E-state index in [0.717, 1.165) is 17.6 Å². The topological polar surface area (TPSA) is 65.5 Å². The second kappa shape index (κ2) is 9.47. The van der Waals surface area contributed by atoms with Crippen LogP contribution in [0.15, 0.2) is 11.0 Å². The molecule has 0 N–H and O–H groups in total. The Morgan fingerprint density at radius 1 is 1.43 bits per heavy atom. The highest BCUT2D eigenvalue weighted by Crippen LogP contribution is 2.26. The lowest BCUT2D eigenvalue weighted by molar-refractivity contribution is -0.108. The van der Waals surface area contributed by atoms with Crippen LogP contribution < -0.4 is 0 Å². The van der Waals surface area contributed by atoms with Crippen LogP contribution >= 0.6 is 46.1 Å². The molecular weight excluding hydrogens is 385 g/mol. The average molecular weight is 401 g/mol. The second-order valence-electron chi connectivity index (χ2n) is 4.80. The second-order valence-corrected chi connectivity index (χ2v) is 8.26. The van der Waals surface area contributed by atoms with Crippen LogP contribution in [-0.4, -0.2) is 27.8 Å². The molecule has 0 aliphatic carbocycles. The first-order valence-electron chi connectivity index (χ1n) is 6.64. The van der Waals surface area contributed by atoms with E-state index < -0.39 is 16.6 Å². The van der Waals surface area contributed by atoms with Gasteiger partial charge in [-0.25, -0.2) is 9.78 Å². The fraction of sp³-hybridized carbons (Fsp3) is 0.500. The van der Waals surface area contributed by atoms with Gasteiger partial charge in [0, 0.05) is 11.8 Å². The van der Waals surface area contributed by atoms with Gasteiger partial charge in [0.1, 0.15) is 24.5 Å². The third-order valence-electron chi connectivity index (χ3n) is 2.84. The molecule has 5 nitrogen and oxygen atoms in total. The number of carbonyl (C=O) groups excluding carboxylic acids is 2. The molecule has 9 heteroatoms. The van der Waals surface area contributed by atoms with Gasteiger partial charge in [-0.3, -0.25) is 0 Å². The van der Waals surface area contributed by atoms with Crippen LogP contribution in [0.25, 0.3) is 6.08 Å². The number of carbonyl (C=O) groups is 2. The summed E-state index contributed by atoms with van der Waals surface area (Å²) in [5, 5.41) is 2.44. The third kappa shape index (κ3) is 8.55. The Bertz CT molecular complexity index is 569. The molecule has 1 rings (SSSR count). The first-order chi connectivity index (χ1) is 10.7. The van der Waals surface area contributed by atoms with Crippen molar-refractivity contribution in [1.29, 1.82) is 0 Å². The van der Waals surface area contributed by atoms with Crippen LogP contribution in [0.3, 0.4) is 0 Å². The van der Waals surface area contributed by atoms with Crippen LogP contribution in [0.2, 0.25) is 0 Å². The highest BCUT2D eigenvalue weighted by molar-refractivity contribution is 7.09. The maximum atomic E-state index is 11.3. The molecule has 0 saturated carbocycles. The Kier molecular flexibility index (Phi) is 8.33. The van der Waals surface area contributed by atoms with E-state index in [1.807, 2.05) is 25.3 Å². The third-order valence-corrected chi connectivity index (χ3v) is 4.01. The number of hydrogen-bond donors (Lipinski definition) is 0. The lowest BCUT2D eigenvalue weighted by Gasteiger charge is -2.10. The van der Waals surface area contributed by atoms with Gasteiger partial charge in [0.05, 0.1) is 5.69 Å². The van der Waals surface area contributed by atoms with Gasteiger partial charge in [-0.1, -0.05) is 47.3 Å². The van der Waals surface area contributed by atoms with E-state index in [9.17, 15) is 9.59 Å². The lowest BCUT2D eigenvalue weighted by atomic mass is 9.99. The maximum Gasteiger partial charge on any atom is 0.508 e. The van der Waals surface area contributed by atoms with Gasteiger partial charge in [0.2, 0.25) is 3.79 Å². The van der Waals surface area contributed by atoms with Crippen molar-refractivity contribution in [2.45, 2.75) is 30.7 Å². The minimum atomic E-state index is -1.67. The van der Waals surface area contributed by atoms with E-state index in [0.29, 0.717) is 11.4 Å². The minimum Gasteiger partial charge on any atom is -0.430 e. The van der Waals surface area contributed by atoms with Crippen molar-refractivity contribution in [2.24, 2.45) is 5.92 Å². The number of allylic oxidation sites excluding steroid dienone is 1. The van der Waals surface area contributed by atoms with Gasteiger partial charge in [-0.15, -0.1) is 11.3 Å². The molecule has 1 atom stereocenters. The zero-order valence-electron chi connectivity index (χ0n) is 12.6. The first-order valence-corrected chi connectivity index (χ1v) is 8.65. The van der Waals surface area contributed by atoms with E-state index in [-0.39, 0.29) is 12.5 Å². The summed E-state index contributed by atoms with van der Waals surface area (Å²) < 4.78 is 7.83. The Morgan fingerprint density at radius 2 is 2.13 bits per heavy atom. The van der Waals surface area contributed by atoms with E-state index in [2.05, 4.69) is 9.72 Å². The molecule has 1 aromatic heterocycles. The summed E-state index contributed by atoms with van der Waals surface area (Å²) >= 11 is 17.7. The average Bonchev–Trinajstić information content (AvgIpc) is 2.90. The Labute approximate surface area is 153 Å². The van der Waals surface area contributed by atoms with Crippen molar-refractivity contribution in [3.05, 3.63) is 21.7 Å². The zero-order chi connectivity index (χ0) is 17.5. The molecule has 0 spiro atoms. The number of aldehydes is 1. The summed E-state index contributed by atoms with van der Waals surface area (Å²) in [6.45, 7) is 3.49. The van der Waals surface area contributed by atoms with Gasteiger partial charge in [0.25, 0.3) is 0 Å². The highest BCUT2D eigenvalue weighted by atomic mass is 35.6. The monoisotopic (exact) mass is 399 g/mol. The molecule has 23 heavy (non-hydrogen) atoms. The van der Waals surface area contributed by atoms with Gasteiger partial charge < -0.3 is 14.3 Å². The smallest absolute Gasteiger partial charge is 0.430 e. The summed E-state index contributed by atoms with van der Waals surface area (Å²) in [7, 11) is 0. The summed E-state index contributed by atoms with van der Waals surface area (Å²) in [4.78, 5) is 26.2. The van der Waals surface area contributed by atoms with E-state index in [1.165, 1.54) is 11.3 Å². The van der Waals surface area contributed by atoms with Gasteiger partial charge >= 0.3 is 6.16 Å². The van der Waals surface area contributed by atoms with Crippen LogP contribution in [-0.2, 0) is 20.9 Å². The van der Waals surface area contributed by atoms with E-state index >= 15 is 0 Å². The molecule has 0 fully saturated rings. The highest BCUT2D eigenvalue weighted by Gasteiger charge is 2.22. The van der Waals surface area contributed by atoms with Gasteiger partial charge in [0.15, 0.2) is 0 Å². The van der Waals surface area contributed by atoms with Crippen molar-refractivity contribution in [3.8, 4) is 0 Å². The number of thiazole rings is 1. The molecule has 0 aromatic carbocycles. The van der Waals surface area contributed by atoms with Crippen LogP contribution in [0.1, 0.15) is 31.0 Å². The van der Waals surface area contributed by atoms with E-state index in [1.54, 1.807) is 0 Å². The summed E-state index contributed by atoms with van der Waals surface area (Å²) in [6, 6.07) is 0. The Morgan fingerprint density at radius 3 is 2.74 bits per heavy atom. The maximum absolute atomic E-state index is 11.3. The number of alkyl halides is 3. The van der Waals surface area contributed by atoms with Crippen LogP contribution in [0, 0.1) is 5.92 Å². The molecule has 0 radical (unpaired) electrons. The zero-order valence-corrected chi connectivity index (χ0v) is 15.6. The molecule has 0 aliphatic rings. The molecule has 1 aromatic rings. The van der Waals surface area contributed by atoms with Crippen molar-refractivity contribution in [1.82, 2.24) is 4.98 Å². The fourth-order valence-corrected chi connectivity index (χ4v) is 2.29. The summed E-state index contributed by atoms with van der Waals surface area (Å²) in [6.07, 6.45) is 2.33. The molecule has 0 saturated heterocycles. The number of hydrogen-bond acceptors (Lipinski definition) is 6. The SMILES string of the molecule is C/C(=C\c1csc(COC(=O)OCC(Cl)(Cl)Cl)n1)[C@@H](C)CC=O. The predicted molar refractivity (Wildman–Crippen MR) is 92.0 cm³/mol. The first kappa shape index (κ1) is 20.2. The van der Waals surface area contributed by atoms with Crippen LogP contribution in [0.5, 0.6) is 0 Å². The van der Waals surface area contributed by atoms with Gasteiger partial charge in [-0.2, -0.15) is 0 Å². The van der Waals surface area contributed by atoms with E-state index in [4.69, 9.17) is 39.5 Å².